The number of carbonyl (C=O) groups excluding carboxylic acids is 1. The van der Waals surface area contributed by atoms with Crippen molar-refractivity contribution in [2.24, 2.45) is 0 Å². The Hall–Kier alpha value is -2.48. The predicted molar refractivity (Wildman–Crippen MR) is 110 cm³/mol. The van der Waals surface area contributed by atoms with Gasteiger partial charge in [0.2, 0.25) is 0 Å². The second-order valence-electron chi connectivity index (χ2n) is 7.73. The SMILES string of the molecule is Cc1cc(C)n(C[C@@H](O)CN2CCOCC2)c1C=C1C(=O)Nc2ccc(F)cc21. The number of aromatic nitrogens is 1. The lowest BCUT2D eigenvalue weighted by Gasteiger charge is -2.29. The number of anilines is 1. The fourth-order valence-electron chi connectivity index (χ4n) is 4.09. The number of halogens is 1. The zero-order valence-corrected chi connectivity index (χ0v) is 16.7. The smallest absolute Gasteiger partial charge is 0.256 e. The van der Waals surface area contributed by atoms with Crippen molar-refractivity contribution in [3.63, 3.8) is 0 Å². The number of aliphatic hydroxyl groups is 1. The first kappa shape index (κ1) is 19.8. The minimum atomic E-state index is -0.544. The summed E-state index contributed by atoms with van der Waals surface area (Å²) in [6.07, 6.45) is 1.25. The number of benzene rings is 1. The molecule has 0 saturated carbocycles. The van der Waals surface area contributed by atoms with E-state index < -0.39 is 6.10 Å². The van der Waals surface area contributed by atoms with E-state index in [1.807, 2.05) is 24.5 Å². The van der Waals surface area contributed by atoms with Crippen molar-refractivity contribution < 1.29 is 19.0 Å². The van der Waals surface area contributed by atoms with Gasteiger partial charge in [-0.25, -0.2) is 4.39 Å². The van der Waals surface area contributed by atoms with Crippen molar-refractivity contribution in [1.82, 2.24) is 9.47 Å². The number of fused-ring (bicyclic) bond motifs is 1. The van der Waals surface area contributed by atoms with Crippen molar-refractivity contribution in [2.75, 3.05) is 38.2 Å². The predicted octanol–water partition coefficient (Wildman–Crippen LogP) is 2.43. The van der Waals surface area contributed by atoms with Gasteiger partial charge >= 0.3 is 0 Å². The van der Waals surface area contributed by atoms with Crippen LogP contribution in [0.2, 0.25) is 0 Å². The molecule has 2 aliphatic heterocycles. The van der Waals surface area contributed by atoms with Crippen molar-refractivity contribution in [3.05, 3.63) is 52.6 Å². The third kappa shape index (κ3) is 4.12. The van der Waals surface area contributed by atoms with Crippen molar-refractivity contribution >= 4 is 23.2 Å². The molecular formula is C22H26FN3O3. The minimum absolute atomic E-state index is 0.246. The van der Waals surface area contributed by atoms with Crippen LogP contribution in [0.1, 0.15) is 22.5 Å². The van der Waals surface area contributed by atoms with Gasteiger partial charge in [0.15, 0.2) is 0 Å². The monoisotopic (exact) mass is 399 g/mol. The van der Waals surface area contributed by atoms with Gasteiger partial charge in [-0.15, -0.1) is 0 Å². The highest BCUT2D eigenvalue weighted by Crippen LogP contribution is 2.34. The maximum atomic E-state index is 13.7. The van der Waals surface area contributed by atoms with Crippen LogP contribution in [0.25, 0.3) is 11.6 Å². The first-order chi connectivity index (χ1) is 13.9. The summed E-state index contributed by atoms with van der Waals surface area (Å²) in [7, 11) is 0. The number of nitrogens with zero attached hydrogens (tertiary/aromatic N) is 2. The van der Waals surface area contributed by atoms with Gasteiger partial charge in [-0.05, 0) is 49.8 Å². The quantitative estimate of drug-likeness (QED) is 0.758. The van der Waals surface area contributed by atoms with E-state index >= 15 is 0 Å². The van der Waals surface area contributed by atoms with Gasteiger partial charge in [-0.3, -0.25) is 9.69 Å². The highest BCUT2D eigenvalue weighted by molar-refractivity contribution is 6.34. The second-order valence-corrected chi connectivity index (χ2v) is 7.73. The molecule has 0 unspecified atom stereocenters. The van der Waals surface area contributed by atoms with Crippen LogP contribution in [-0.2, 0) is 16.1 Å². The lowest BCUT2D eigenvalue weighted by Crippen LogP contribution is -2.42. The standard InChI is InChI=1S/C22H26FN3O3/c1-14-9-15(2)26(13-17(27)12-25-5-7-29-8-6-25)21(14)11-19-18-10-16(23)3-4-20(18)24-22(19)28/h3-4,9-11,17,27H,5-8,12-13H2,1-2H3,(H,24,28)/t17-/m0/s1. The third-order valence-electron chi connectivity index (χ3n) is 5.56. The van der Waals surface area contributed by atoms with Gasteiger partial charge < -0.3 is 19.7 Å². The van der Waals surface area contributed by atoms with Crippen LogP contribution in [0, 0.1) is 19.7 Å². The van der Waals surface area contributed by atoms with E-state index in [2.05, 4.69) is 10.2 Å². The largest absolute Gasteiger partial charge is 0.390 e. The number of aliphatic hydroxyl groups excluding tert-OH is 1. The molecule has 0 spiro atoms. The van der Waals surface area contributed by atoms with Crippen LogP contribution in [-0.4, -0.2) is 59.4 Å². The number of amides is 1. The van der Waals surface area contributed by atoms with Gasteiger partial charge in [0, 0.05) is 42.3 Å². The van der Waals surface area contributed by atoms with Crippen LogP contribution < -0.4 is 5.32 Å². The number of hydrogen-bond acceptors (Lipinski definition) is 4. The summed E-state index contributed by atoms with van der Waals surface area (Å²) in [6, 6.07) is 6.32. The topological polar surface area (TPSA) is 66.7 Å². The van der Waals surface area contributed by atoms with Crippen molar-refractivity contribution in [2.45, 2.75) is 26.5 Å². The fourth-order valence-corrected chi connectivity index (χ4v) is 4.09. The zero-order valence-electron chi connectivity index (χ0n) is 16.7. The molecule has 29 heavy (non-hydrogen) atoms. The van der Waals surface area contributed by atoms with Crippen LogP contribution in [0.3, 0.4) is 0 Å². The van der Waals surface area contributed by atoms with Gasteiger partial charge in [-0.2, -0.15) is 0 Å². The molecule has 3 heterocycles. The Labute approximate surface area is 169 Å². The molecule has 0 aliphatic carbocycles. The summed E-state index contributed by atoms with van der Waals surface area (Å²) in [4.78, 5) is 14.7. The van der Waals surface area contributed by atoms with Gasteiger partial charge in [0.25, 0.3) is 5.91 Å². The molecular weight excluding hydrogens is 373 g/mol. The van der Waals surface area contributed by atoms with Gasteiger partial charge in [-0.1, -0.05) is 0 Å². The Morgan fingerprint density at radius 3 is 2.76 bits per heavy atom. The molecule has 1 fully saturated rings. The average Bonchev–Trinajstić information content (AvgIpc) is 3.12. The molecule has 154 valence electrons. The van der Waals surface area contributed by atoms with Crippen LogP contribution in [0.4, 0.5) is 10.1 Å². The van der Waals surface area contributed by atoms with E-state index in [-0.39, 0.29) is 11.7 Å². The zero-order chi connectivity index (χ0) is 20.5. The third-order valence-corrected chi connectivity index (χ3v) is 5.56. The summed E-state index contributed by atoms with van der Waals surface area (Å²) in [5.41, 5.74) is 4.48. The molecule has 1 aromatic heterocycles. The maximum absolute atomic E-state index is 13.7. The first-order valence-electron chi connectivity index (χ1n) is 9.90. The molecule has 1 aromatic carbocycles. The highest BCUT2D eigenvalue weighted by atomic mass is 19.1. The summed E-state index contributed by atoms with van der Waals surface area (Å²) < 4.78 is 21.1. The summed E-state index contributed by atoms with van der Waals surface area (Å²) in [5.74, 6) is -0.625. The number of aryl methyl sites for hydroxylation is 2. The highest BCUT2D eigenvalue weighted by Gasteiger charge is 2.26. The van der Waals surface area contributed by atoms with E-state index in [1.54, 1.807) is 12.1 Å². The maximum Gasteiger partial charge on any atom is 0.256 e. The van der Waals surface area contributed by atoms with E-state index in [0.717, 1.165) is 30.0 Å². The van der Waals surface area contributed by atoms with Crippen LogP contribution in [0.15, 0.2) is 24.3 Å². The second kappa shape index (κ2) is 8.10. The molecule has 2 N–H and O–H groups in total. The minimum Gasteiger partial charge on any atom is -0.390 e. The molecule has 6 nitrogen and oxygen atoms in total. The van der Waals surface area contributed by atoms with Gasteiger partial charge in [0.05, 0.1) is 31.4 Å². The molecule has 2 aromatic rings. The number of carbonyl (C=O) groups is 1. The molecule has 2 aliphatic rings. The first-order valence-corrected chi connectivity index (χ1v) is 9.90. The lowest BCUT2D eigenvalue weighted by molar-refractivity contribution is -0.110. The Morgan fingerprint density at radius 1 is 1.24 bits per heavy atom. The number of morpholine rings is 1. The Bertz CT molecular complexity index is 960. The van der Waals surface area contributed by atoms with Crippen LogP contribution in [0.5, 0.6) is 0 Å². The Kier molecular flexibility index (Phi) is 5.54. The van der Waals surface area contributed by atoms with E-state index in [4.69, 9.17) is 4.74 Å². The normalized spacial score (nSPS) is 19.4. The van der Waals surface area contributed by atoms with Crippen molar-refractivity contribution in [1.29, 1.82) is 0 Å². The summed E-state index contributed by atoms with van der Waals surface area (Å²) in [5, 5.41) is 13.5. The number of β-amino-alcohol motifs (C(OH)–C–C–N with tert-alkyl or cyclic N) is 1. The summed E-state index contributed by atoms with van der Waals surface area (Å²) >= 11 is 0. The van der Waals surface area contributed by atoms with Crippen molar-refractivity contribution in [3.8, 4) is 0 Å². The van der Waals surface area contributed by atoms with E-state index in [9.17, 15) is 14.3 Å². The fraction of sp³-hybridized carbons (Fsp3) is 0.409. The molecule has 7 heteroatoms. The molecule has 1 atom stereocenters. The van der Waals surface area contributed by atoms with Gasteiger partial charge in [0.1, 0.15) is 5.82 Å². The molecule has 4 rings (SSSR count). The lowest BCUT2D eigenvalue weighted by atomic mass is 10.0. The number of nitrogens with one attached hydrogen (secondary N) is 1. The Balaban J connectivity index is 1.61. The Morgan fingerprint density at radius 2 is 2.00 bits per heavy atom. The molecule has 1 amide bonds. The molecule has 0 bridgehead atoms. The molecule has 0 radical (unpaired) electrons. The number of hydrogen-bond donors (Lipinski definition) is 2. The number of ether oxygens (including phenoxy) is 1. The van der Waals surface area contributed by atoms with E-state index in [0.29, 0.717) is 43.1 Å². The van der Waals surface area contributed by atoms with Crippen LogP contribution >= 0.6 is 0 Å². The number of rotatable bonds is 5. The molecule has 1 saturated heterocycles. The van der Waals surface area contributed by atoms with E-state index in [1.165, 1.54) is 12.1 Å². The summed E-state index contributed by atoms with van der Waals surface area (Å²) in [6.45, 7) is 7.98. The average molecular weight is 399 g/mol.